The van der Waals surface area contributed by atoms with Crippen molar-refractivity contribution in [2.75, 3.05) is 6.61 Å². The van der Waals surface area contributed by atoms with Crippen molar-refractivity contribution in [3.8, 4) is 0 Å². The van der Waals surface area contributed by atoms with Crippen LogP contribution < -0.4 is 5.32 Å². The molecule has 0 unspecified atom stereocenters. The van der Waals surface area contributed by atoms with E-state index in [0.717, 1.165) is 16.7 Å². The van der Waals surface area contributed by atoms with E-state index in [1.807, 2.05) is 91.0 Å². The zero-order chi connectivity index (χ0) is 32.6. The molecule has 4 aromatic carbocycles. The van der Waals surface area contributed by atoms with Gasteiger partial charge in [-0.1, -0.05) is 126 Å². The van der Waals surface area contributed by atoms with Gasteiger partial charge in [-0.2, -0.15) is 8.42 Å². The lowest BCUT2D eigenvalue weighted by Gasteiger charge is -2.39. The van der Waals surface area contributed by atoms with Crippen molar-refractivity contribution in [1.82, 2.24) is 5.32 Å². The summed E-state index contributed by atoms with van der Waals surface area (Å²) in [5.74, 6) is -3.61. The molecule has 0 fully saturated rings. The second-order valence-electron chi connectivity index (χ2n) is 10.3. The average molecular weight is 691 g/mol. The molecule has 0 saturated heterocycles. The van der Waals surface area contributed by atoms with Crippen LogP contribution in [-0.2, 0) is 29.4 Å². The van der Waals surface area contributed by atoms with Gasteiger partial charge >= 0.3 is 11.9 Å². The van der Waals surface area contributed by atoms with Gasteiger partial charge in [0.15, 0.2) is 0 Å². The summed E-state index contributed by atoms with van der Waals surface area (Å²) in [5, 5.41) is 23.5. The smallest absolute Gasteiger partial charge is 0.320 e. The summed E-state index contributed by atoms with van der Waals surface area (Å²) in [6.07, 6.45) is -0.361. The Hall–Kier alpha value is -3.44. The van der Waals surface area contributed by atoms with Crippen molar-refractivity contribution in [2.45, 2.75) is 35.7 Å². The molecule has 0 saturated carbocycles. The number of benzene rings is 4. The van der Waals surface area contributed by atoms with E-state index in [0.29, 0.717) is 0 Å². The van der Waals surface area contributed by atoms with E-state index in [2.05, 4.69) is 5.32 Å². The largest absolute Gasteiger partial charge is 0.481 e. The first-order valence-corrected chi connectivity index (χ1v) is 16.4. The molecular weight excluding hydrogens is 661 g/mol. The van der Waals surface area contributed by atoms with E-state index in [9.17, 15) is 28.2 Å². The molecule has 0 bridgehead atoms. The molecule has 0 aliphatic carbocycles. The summed E-state index contributed by atoms with van der Waals surface area (Å²) in [5.41, 5.74) is 1.14. The molecule has 12 heteroatoms. The number of carbonyl (C=O) groups is 2. The first-order chi connectivity index (χ1) is 21.5. The number of carboxylic acids is 2. The Bertz CT molecular complexity index is 1600. The Balaban J connectivity index is 1.59. The summed E-state index contributed by atoms with van der Waals surface area (Å²) >= 11 is 17.9. The standard InChI is InChI=1S/C33H30Cl3NO7S/c34-26-20-27(35)30(28(36)21-26)45(42,43)44-18-10-11-22(31(38)39)19-29(32(40)41)37-33(23-12-4-1-5-13-23,24-14-6-2-7-15-24)25-16-8-3-9-17-25/h1-9,12-17,20-22,29,37H,10-11,18-19H2,(H,38,39)(H,40,41)/t22-,29-/m0/s1. The third-order valence-electron chi connectivity index (χ3n) is 7.33. The van der Waals surface area contributed by atoms with Crippen molar-refractivity contribution >= 4 is 56.9 Å². The molecule has 0 amide bonds. The lowest BCUT2D eigenvalue weighted by atomic mass is 9.76. The maximum absolute atomic E-state index is 12.8. The third-order valence-corrected chi connectivity index (χ3v) is 9.78. The van der Waals surface area contributed by atoms with Crippen LogP contribution in [0.2, 0.25) is 15.1 Å². The highest BCUT2D eigenvalue weighted by Crippen LogP contribution is 2.38. The molecule has 0 aromatic heterocycles. The molecule has 3 N–H and O–H groups in total. The quantitative estimate of drug-likeness (QED) is 0.0676. The van der Waals surface area contributed by atoms with Gasteiger partial charge in [-0.3, -0.25) is 19.1 Å². The minimum absolute atomic E-state index is 0.00738. The van der Waals surface area contributed by atoms with Gasteiger partial charge in [0.05, 0.1) is 28.1 Å². The molecule has 0 aliphatic rings. The Kier molecular flexibility index (Phi) is 11.7. The van der Waals surface area contributed by atoms with Crippen LogP contribution in [0.1, 0.15) is 36.0 Å². The van der Waals surface area contributed by atoms with Crippen LogP contribution in [0.4, 0.5) is 0 Å². The number of hydrogen-bond acceptors (Lipinski definition) is 6. The predicted molar refractivity (Wildman–Crippen MR) is 173 cm³/mol. The van der Waals surface area contributed by atoms with Crippen molar-refractivity contribution in [3.05, 3.63) is 135 Å². The van der Waals surface area contributed by atoms with Crippen molar-refractivity contribution in [3.63, 3.8) is 0 Å². The van der Waals surface area contributed by atoms with Gasteiger partial charge in [-0.25, -0.2) is 0 Å². The Labute approximate surface area is 276 Å². The van der Waals surface area contributed by atoms with E-state index >= 15 is 0 Å². The minimum atomic E-state index is -4.39. The average Bonchev–Trinajstić information content (AvgIpc) is 3.00. The number of aliphatic carboxylic acids is 2. The number of halogens is 3. The molecule has 0 spiro atoms. The highest BCUT2D eigenvalue weighted by atomic mass is 35.5. The maximum Gasteiger partial charge on any atom is 0.320 e. The van der Waals surface area contributed by atoms with Crippen molar-refractivity contribution in [1.29, 1.82) is 0 Å². The van der Waals surface area contributed by atoms with Crippen LogP contribution >= 0.6 is 34.8 Å². The van der Waals surface area contributed by atoms with E-state index in [1.54, 1.807) is 0 Å². The van der Waals surface area contributed by atoms with E-state index < -0.39 is 44.5 Å². The topological polar surface area (TPSA) is 130 Å². The second-order valence-corrected chi connectivity index (χ2v) is 13.1. The lowest BCUT2D eigenvalue weighted by Crippen LogP contribution is -2.53. The molecule has 45 heavy (non-hydrogen) atoms. The molecule has 0 radical (unpaired) electrons. The zero-order valence-corrected chi connectivity index (χ0v) is 26.9. The molecule has 0 heterocycles. The number of rotatable bonds is 15. The molecule has 0 aliphatic heterocycles. The van der Waals surface area contributed by atoms with Gasteiger partial charge in [0.2, 0.25) is 0 Å². The van der Waals surface area contributed by atoms with Gasteiger partial charge < -0.3 is 10.2 Å². The van der Waals surface area contributed by atoms with Crippen LogP contribution in [0.5, 0.6) is 0 Å². The number of hydrogen-bond donors (Lipinski definition) is 3. The Morgan fingerprint density at radius 1 is 0.756 bits per heavy atom. The first kappa shape index (κ1) is 34.4. The van der Waals surface area contributed by atoms with Crippen LogP contribution in [0.3, 0.4) is 0 Å². The fourth-order valence-corrected chi connectivity index (χ4v) is 7.68. The van der Waals surface area contributed by atoms with Gasteiger partial charge in [-0.05, 0) is 48.1 Å². The van der Waals surface area contributed by atoms with E-state index in [1.165, 1.54) is 12.1 Å². The summed E-state index contributed by atoms with van der Waals surface area (Å²) < 4.78 is 30.6. The second kappa shape index (κ2) is 15.2. The van der Waals surface area contributed by atoms with Gasteiger partial charge in [-0.15, -0.1) is 0 Å². The van der Waals surface area contributed by atoms with Crippen LogP contribution in [0.15, 0.2) is 108 Å². The molecular formula is C33H30Cl3NO7S. The van der Waals surface area contributed by atoms with E-state index in [-0.39, 0.29) is 40.9 Å². The number of nitrogens with one attached hydrogen (secondary N) is 1. The molecule has 4 rings (SSSR count). The lowest BCUT2D eigenvalue weighted by molar-refractivity contribution is -0.144. The summed E-state index contributed by atoms with van der Waals surface area (Å²) in [4.78, 5) is 24.6. The van der Waals surface area contributed by atoms with Crippen molar-refractivity contribution in [2.24, 2.45) is 5.92 Å². The summed E-state index contributed by atoms with van der Waals surface area (Å²) in [7, 11) is -4.39. The Morgan fingerprint density at radius 2 is 1.20 bits per heavy atom. The van der Waals surface area contributed by atoms with Crippen LogP contribution in [-0.4, -0.2) is 43.2 Å². The highest BCUT2D eigenvalue weighted by Gasteiger charge is 2.41. The molecule has 2 atom stereocenters. The zero-order valence-electron chi connectivity index (χ0n) is 23.8. The third kappa shape index (κ3) is 8.24. The maximum atomic E-state index is 12.8. The van der Waals surface area contributed by atoms with Crippen molar-refractivity contribution < 1.29 is 32.4 Å². The molecule has 8 nitrogen and oxygen atoms in total. The van der Waals surface area contributed by atoms with Gasteiger partial charge in [0.1, 0.15) is 10.9 Å². The molecule has 4 aromatic rings. The fourth-order valence-electron chi connectivity index (χ4n) is 5.25. The SMILES string of the molecule is O=C(O)[C@@H](CCCOS(=O)(=O)c1c(Cl)cc(Cl)cc1Cl)C[C@H](NC(c1ccccc1)(c1ccccc1)c1ccccc1)C(=O)O. The highest BCUT2D eigenvalue weighted by molar-refractivity contribution is 7.87. The number of carboxylic acid groups (broad SMARTS) is 2. The van der Waals surface area contributed by atoms with E-state index in [4.69, 9.17) is 39.0 Å². The van der Waals surface area contributed by atoms with Gasteiger partial charge in [0.25, 0.3) is 10.1 Å². The monoisotopic (exact) mass is 689 g/mol. The summed E-state index contributed by atoms with van der Waals surface area (Å²) in [6.45, 7) is -0.380. The normalized spacial score (nSPS) is 13.2. The summed E-state index contributed by atoms with van der Waals surface area (Å²) in [6, 6.07) is 29.1. The van der Waals surface area contributed by atoms with Crippen LogP contribution in [0, 0.1) is 5.92 Å². The van der Waals surface area contributed by atoms with Gasteiger partial charge in [0, 0.05) is 5.02 Å². The predicted octanol–water partition coefficient (Wildman–Crippen LogP) is 7.26. The first-order valence-electron chi connectivity index (χ1n) is 13.9. The molecule has 236 valence electrons. The fraction of sp³-hybridized carbons (Fsp3) is 0.212. The minimum Gasteiger partial charge on any atom is -0.481 e. The Morgan fingerprint density at radius 3 is 1.60 bits per heavy atom. The van der Waals surface area contributed by atoms with Crippen LogP contribution in [0.25, 0.3) is 0 Å².